The SMILES string of the molecule is CC(C)n1nc(C(=O)O)c2c1[C@@H](C)CNC2.Cl. The maximum Gasteiger partial charge on any atom is 0.356 e. The first-order valence-electron chi connectivity index (χ1n) is 5.57. The van der Waals surface area contributed by atoms with Crippen molar-refractivity contribution < 1.29 is 9.90 Å². The van der Waals surface area contributed by atoms with E-state index in [2.05, 4.69) is 17.3 Å². The van der Waals surface area contributed by atoms with E-state index in [0.717, 1.165) is 17.8 Å². The number of aromatic nitrogens is 2. The molecule has 17 heavy (non-hydrogen) atoms. The van der Waals surface area contributed by atoms with Crippen molar-refractivity contribution in [1.82, 2.24) is 15.1 Å². The van der Waals surface area contributed by atoms with Gasteiger partial charge < -0.3 is 10.4 Å². The monoisotopic (exact) mass is 259 g/mol. The first-order chi connectivity index (χ1) is 7.52. The van der Waals surface area contributed by atoms with Crippen molar-refractivity contribution in [2.75, 3.05) is 6.54 Å². The lowest BCUT2D eigenvalue weighted by molar-refractivity contribution is 0.0688. The standard InChI is InChI=1S/C11H17N3O2.ClH/c1-6(2)14-10-7(3)4-12-5-8(10)9(13-14)11(15)16;/h6-7,12H,4-5H2,1-3H3,(H,15,16);1H/t7-;/m0./s1. The van der Waals surface area contributed by atoms with E-state index in [4.69, 9.17) is 5.11 Å². The van der Waals surface area contributed by atoms with Crippen molar-refractivity contribution in [3.63, 3.8) is 0 Å². The fourth-order valence-electron chi connectivity index (χ4n) is 2.25. The molecule has 0 aromatic carbocycles. The maximum atomic E-state index is 11.1. The fraction of sp³-hybridized carbons (Fsp3) is 0.636. The summed E-state index contributed by atoms with van der Waals surface area (Å²) in [6, 6.07) is 0.197. The summed E-state index contributed by atoms with van der Waals surface area (Å²) in [5.74, 6) is -0.627. The fourth-order valence-corrected chi connectivity index (χ4v) is 2.25. The van der Waals surface area contributed by atoms with Gasteiger partial charge in [-0.3, -0.25) is 4.68 Å². The minimum atomic E-state index is -0.938. The highest BCUT2D eigenvalue weighted by Gasteiger charge is 2.29. The molecule has 0 fully saturated rings. The molecule has 0 radical (unpaired) electrons. The molecule has 1 aromatic heterocycles. The van der Waals surface area contributed by atoms with Crippen LogP contribution in [0.25, 0.3) is 0 Å². The van der Waals surface area contributed by atoms with Gasteiger partial charge >= 0.3 is 5.97 Å². The van der Waals surface area contributed by atoms with Gasteiger partial charge in [0.15, 0.2) is 5.69 Å². The Morgan fingerprint density at radius 2 is 2.24 bits per heavy atom. The van der Waals surface area contributed by atoms with Crippen molar-refractivity contribution in [3.8, 4) is 0 Å². The van der Waals surface area contributed by atoms with Crippen LogP contribution in [0.3, 0.4) is 0 Å². The third kappa shape index (κ3) is 2.30. The van der Waals surface area contributed by atoms with E-state index in [-0.39, 0.29) is 24.1 Å². The zero-order valence-corrected chi connectivity index (χ0v) is 11.0. The number of nitrogens with one attached hydrogen (secondary N) is 1. The summed E-state index contributed by atoms with van der Waals surface area (Å²) >= 11 is 0. The second-order valence-electron chi connectivity index (χ2n) is 4.59. The van der Waals surface area contributed by atoms with Crippen LogP contribution in [0.4, 0.5) is 0 Å². The Labute approximate surface area is 107 Å². The van der Waals surface area contributed by atoms with Crippen LogP contribution in [-0.4, -0.2) is 27.4 Å². The summed E-state index contributed by atoms with van der Waals surface area (Å²) in [5.41, 5.74) is 2.12. The van der Waals surface area contributed by atoms with Crippen molar-refractivity contribution >= 4 is 18.4 Å². The molecule has 0 amide bonds. The van der Waals surface area contributed by atoms with Crippen LogP contribution in [0.2, 0.25) is 0 Å². The van der Waals surface area contributed by atoms with E-state index in [9.17, 15) is 4.79 Å². The number of aromatic carboxylic acids is 1. The predicted octanol–water partition coefficient (Wildman–Crippen LogP) is 1.79. The molecule has 0 bridgehead atoms. The molecular formula is C11H18ClN3O2. The van der Waals surface area contributed by atoms with Gasteiger partial charge in [0.05, 0.1) is 0 Å². The molecule has 0 saturated heterocycles. The van der Waals surface area contributed by atoms with Crippen LogP contribution in [0, 0.1) is 0 Å². The number of carboxylic acid groups (broad SMARTS) is 1. The number of rotatable bonds is 2. The second-order valence-corrected chi connectivity index (χ2v) is 4.59. The Hall–Kier alpha value is -1.07. The quantitative estimate of drug-likeness (QED) is 0.850. The van der Waals surface area contributed by atoms with Crippen LogP contribution in [0.1, 0.15) is 54.5 Å². The van der Waals surface area contributed by atoms with Gasteiger partial charge in [0.25, 0.3) is 0 Å². The molecule has 1 aliphatic heterocycles. The number of hydrogen-bond acceptors (Lipinski definition) is 3. The Morgan fingerprint density at radius 1 is 1.59 bits per heavy atom. The molecule has 96 valence electrons. The van der Waals surface area contributed by atoms with Gasteiger partial charge in [0.2, 0.25) is 0 Å². The third-order valence-electron chi connectivity index (χ3n) is 2.96. The zero-order valence-electron chi connectivity index (χ0n) is 10.2. The lowest BCUT2D eigenvalue weighted by Gasteiger charge is -2.23. The highest BCUT2D eigenvalue weighted by atomic mass is 35.5. The van der Waals surface area contributed by atoms with Gasteiger partial charge in [-0.15, -0.1) is 12.4 Å². The zero-order chi connectivity index (χ0) is 11.9. The van der Waals surface area contributed by atoms with E-state index in [1.165, 1.54) is 0 Å². The molecule has 1 aliphatic rings. The van der Waals surface area contributed by atoms with Crippen molar-refractivity contribution in [2.24, 2.45) is 0 Å². The molecule has 2 heterocycles. The first kappa shape index (κ1) is 14.0. The summed E-state index contributed by atoms with van der Waals surface area (Å²) in [6.07, 6.45) is 0. The van der Waals surface area contributed by atoms with Gasteiger partial charge in [-0.1, -0.05) is 6.92 Å². The molecule has 1 aromatic rings. The largest absolute Gasteiger partial charge is 0.476 e. The van der Waals surface area contributed by atoms with Gasteiger partial charge in [-0.2, -0.15) is 5.10 Å². The molecule has 6 heteroatoms. The average Bonchev–Trinajstić information content (AvgIpc) is 2.58. The van der Waals surface area contributed by atoms with E-state index >= 15 is 0 Å². The number of halogens is 1. The smallest absolute Gasteiger partial charge is 0.356 e. The van der Waals surface area contributed by atoms with Crippen molar-refractivity contribution in [3.05, 3.63) is 17.0 Å². The summed E-state index contributed by atoms with van der Waals surface area (Å²) < 4.78 is 1.85. The maximum absolute atomic E-state index is 11.1. The Balaban J connectivity index is 0.00000144. The number of hydrogen-bond donors (Lipinski definition) is 2. The Kier molecular flexibility index (Phi) is 4.16. The number of fused-ring (bicyclic) bond motifs is 1. The lowest BCUT2D eigenvalue weighted by atomic mass is 9.97. The van der Waals surface area contributed by atoms with Gasteiger partial charge in [0, 0.05) is 36.3 Å². The van der Waals surface area contributed by atoms with Crippen LogP contribution in [-0.2, 0) is 6.54 Å². The first-order valence-corrected chi connectivity index (χ1v) is 5.57. The molecule has 1 atom stereocenters. The topological polar surface area (TPSA) is 67.2 Å². The molecule has 0 spiro atoms. The molecule has 0 saturated carbocycles. The molecule has 0 unspecified atom stereocenters. The predicted molar refractivity (Wildman–Crippen MR) is 66.9 cm³/mol. The van der Waals surface area contributed by atoms with E-state index in [0.29, 0.717) is 12.5 Å². The molecule has 0 aliphatic carbocycles. The number of carboxylic acids is 1. The van der Waals surface area contributed by atoms with Crippen molar-refractivity contribution in [1.29, 1.82) is 0 Å². The van der Waals surface area contributed by atoms with Crippen LogP contribution in [0.5, 0.6) is 0 Å². The van der Waals surface area contributed by atoms with Gasteiger partial charge in [0.1, 0.15) is 0 Å². The van der Waals surface area contributed by atoms with E-state index < -0.39 is 5.97 Å². The summed E-state index contributed by atoms with van der Waals surface area (Å²) in [5, 5.41) is 16.6. The summed E-state index contributed by atoms with van der Waals surface area (Å²) in [4.78, 5) is 11.1. The van der Waals surface area contributed by atoms with E-state index in [1.54, 1.807) is 0 Å². The summed E-state index contributed by atoms with van der Waals surface area (Å²) in [6.45, 7) is 7.62. The second kappa shape index (κ2) is 5.06. The number of carbonyl (C=O) groups is 1. The van der Waals surface area contributed by atoms with Crippen LogP contribution >= 0.6 is 12.4 Å². The minimum Gasteiger partial charge on any atom is -0.476 e. The van der Waals surface area contributed by atoms with E-state index in [1.807, 2.05) is 18.5 Å². The average molecular weight is 260 g/mol. The minimum absolute atomic E-state index is 0. The van der Waals surface area contributed by atoms with Crippen LogP contribution < -0.4 is 5.32 Å². The third-order valence-corrected chi connectivity index (χ3v) is 2.96. The molecule has 5 nitrogen and oxygen atoms in total. The highest BCUT2D eigenvalue weighted by Crippen LogP contribution is 2.28. The Morgan fingerprint density at radius 3 is 2.76 bits per heavy atom. The van der Waals surface area contributed by atoms with Crippen molar-refractivity contribution in [2.45, 2.75) is 39.3 Å². The molecule has 2 N–H and O–H groups in total. The molecule has 2 rings (SSSR count). The van der Waals surface area contributed by atoms with Gasteiger partial charge in [-0.05, 0) is 13.8 Å². The normalized spacial score (nSPS) is 18.7. The Bertz CT molecular complexity index is 429. The lowest BCUT2D eigenvalue weighted by Crippen LogP contribution is -2.28. The summed E-state index contributed by atoms with van der Waals surface area (Å²) in [7, 11) is 0. The molecular weight excluding hydrogens is 242 g/mol. The number of nitrogens with zero attached hydrogens (tertiary/aromatic N) is 2. The van der Waals surface area contributed by atoms with Gasteiger partial charge in [-0.25, -0.2) is 4.79 Å². The van der Waals surface area contributed by atoms with Crippen LogP contribution in [0.15, 0.2) is 0 Å². The highest BCUT2D eigenvalue weighted by molar-refractivity contribution is 5.87.